The summed E-state index contributed by atoms with van der Waals surface area (Å²) in [7, 11) is -6.10. The van der Waals surface area contributed by atoms with Gasteiger partial charge in [-0.05, 0) is 110 Å². The second-order valence-electron chi connectivity index (χ2n) is 8.70. The topological polar surface area (TPSA) is 122 Å². The van der Waals surface area contributed by atoms with Crippen LogP contribution in [0, 0.1) is 0 Å². The van der Waals surface area contributed by atoms with Gasteiger partial charge in [-0.25, -0.2) is 16.8 Å². The monoisotopic (exact) mass is 611 g/mol. The minimum atomic E-state index is -3.84. The summed E-state index contributed by atoms with van der Waals surface area (Å²) in [5, 5.41) is 2.73. The van der Waals surface area contributed by atoms with Crippen molar-refractivity contribution in [3.63, 3.8) is 0 Å². The van der Waals surface area contributed by atoms with E-state index in [4.69, 9.17) is 4.74 Å². The lowest BCUT2D eigenvalue weighted by Crippen LogP contribution is -2.30. The van der Waals surface area contributed by atoms with Gasteiger partial charge < -0.3 is 10.1 Å². The fourth-order valence-electron chi connectivity index (χ4n) is 3.94. The van der Waals surface area contributed by atoms with Crippen LogP contribution in [0.1, 0.15) is 17.3 Å². The molecule has 41 heavy (non-hydrogen) atoms. The summed E-state index contributed by atoms with van der Waals surface area (Å²) in [6, 6.07) is 25.1. The highest BCUT2D eigenvalue weighted by atomic mass is 32.2. The maximum absolute atomic E-state index is 13.2. The number of benzene rings is 4. The van der Waals surface area contributed by atoms with E-state index >= 15 is 0 Å². The Bertz CT molecular complexity index is 1710. The van der Waals surface area contributed by atoms with E-state index in [1.807, 2.05) is 6.26 Å². The molecule has 0 aliphatic heterocycles. The first-order valence-electron chi connectivity index (χ1n) is 12.4. The Morgan fingerprint density at radius 2 is 1.34 bits per heavy atom. The molecule has 0 aliphatic carbocycles. The molecule has 0 spiro atoms. The van der Waals surface area contributed by atoms with Gasteiger partial charge in [0.15, 0.2) is 0 Å². The molecule has 1 amide bonds. The van der Waals surface area contributed by atoms with Gasteiger partial charge in [0, 0.05) is 28.4 Å². The zero-order valence-electron chi connectivity index (χ0n) is 22.6. The average molecular weight is 612 g/mol. The Morgan fingerprint density at radius 1 is 0.780 bits per heavy atom. The summed E-state index contributed by atoms with van der Waals surface area (Å²) in [6.07, 6.45) is 1.92. The zero-order chi connectivity index (χ0) is 29.6. The first-order chi connectivity index (χ1) is 19.6. The Morgan fingerprint density at radius 3 is 1.88 bits per heavy atom. The maximum atomic E-state index is 13.2. The van der Waals surface area contributed by atoms with E-state index in [1.165, 1.54) is 59.6 Å². The molecule has 12 heteroatoms. The van der Waals surface area contributed by atoms with Crippen molar-refractivity contribution in [3.05, 3.63) is 103 Å². The van der Waals surface area contributed by atoms with Gasteiger partial charge in [0.05, 0.1) is 22.6 Å². The molecule has 0 bridgehead atoms. The smallest absolute Gasteiger partial charge is 0.264 e. The summed E-state index contributed by atoms with van der Waals surface area (Å²) < 4.78 is 60.8. The van der Waals surface area contributed by atoms with Crippen LogP contribution in [-0.2, 0) is 20.0 Å². The van der Waals surface area contributed by atoms with E-state index in [9.17, 15) is 21.6 Å². The predicted molar refractivity (Wildman–Crippen MR) is 163 cm³/mol. The average Bonchev–Trinajstić information content (AvgIpc) is 2.98. The molecule has 0 fully saturated rings. The normalized spacial score (nSPS) is 11.5. The van der Waals surface area contributed by atoms with Crippen molar-refractivity contribution < 1.29 is 26.4 Å². The Balaban J connectivity index is 1.43. The summed E-state index contributed by atoms with van der Waals surface area (Å²) >= 11 is 1.53. The molecular formula is C29H29N3O6S3. The van der Waals surface area contributed by atoms with Crippen LogP contribution in [0.3, 0.4) is 0 Å². The van der Waals surface area contributed by atoms with Gasteiger partial charge in [-0.3, -0.25) is 13.8 Å². The van der Waals surface area contributed by atoms with Crippen molar-refractivity contribution in [1.82, 2.24) is 0 Å². The molecule has 0 atom stereocenters. The molecule has 0 unspecified atom stereocenters. The molecule has 0 saturated heterocycles. The number of rotatable bonds is 11. The van der Waals surface area contributed by atoms with Crippen molar-refractivity contribution in [3.8, 4) is 5.75 Å². The number of methoxy groups -OCH3 is 1. The molecule has 4 aromatic rings. The van der Waals surface area contributed by atoms with Gasteiger partial charge >= 0.3 is 0 Å². The number of hydrogen-bond donors (Lipinski definition) is 2. The largest absolute Gasteiger partial charge is 0.497 e. The molecule has 4 aromatic carbocycles. The van der Waals surface area contributed by atoms with Crippen molar-refractivity contribution in [1.29, 1.82) is 0 Å². The van der Waals surface area contributed by atoms with E-state index in [0.717, 1.165) is 4.90 Å². The van der Waals surface area contributed by atoms with E-state index in [1.54, 1.807) is 67.6 Å². The minimum absolute atomic E-state index is 0.0274. The highest BCUT2D eigenvalue weighted by Crippen LogP contribution is 2.26. The maximum Gasteiger partial charge on any atom is 0.264 e. The summed E-state index contributed by atoms with van der Waals surface area (Å²) in [5.41, 5.74) is 1.52. The SMILES string of the molecule is CCN(c1ccc(C(=O)Nc2ccc(S(=O)(=O)Nc3ccc(OC)cc3)cc2)cc1)S(=O)(=O)c1ccc(SC)cc1. The standard InChI is InChI=1S/C29H29N3O6S3/c1-4-32(41(36,37)28-19-15-26(39-3)16-20-28)24-11-5-21(6-12-24)29(33)30-22-9-17-27(18-10-22)40(34,35)31-23-7-13-25(38-2)14-8-23/h5-20,31H,4H2,1-3H3,(H,30,33). The van der Waals surface area contributed by atoms with Crippen molar-refractivity contribution in [2.75, 3.05) is 34.3 Å². The van der Waals surface area contributed by atoms with Crippen molar-refractivity contribution >= 4 is 54.8 Å². The lowest BCUT2D eigenvalue weighted by atomic mass is 10.2. The number of anilines is 3. The van der Waals surface area contributed by atoms with Crippen molar-refractivity contribution in [2.45, 2.75) is 21.6 Å². The Kier molecular flexibility index (Phi) is 9.26. The second kappa shape index (κ2) is 12.7. The number of sulfonamides is 2. The summed E-state index contributed by atoms with van der Waals surface area (Å²) in [4.78, 5) is 14.0. The molecule has 0 radical (unpaired) electrons. The fourth-order valence-corrected chi connectivity index (χ4v) is 6.88. The van der Waals surface area contributed by atoms with E-state index < -0.39 is 26.0 Å². The van der Waals surface area contributed by atoms with Gasteiger partial charge in [-0.15, -0.1) is 11.8 Å². The number of carbonyl (C=O) groups is 1. The van der Waals surface area contributed by atoms with Gasteiger partial charge in [0.2, 0.25) is 0 Å². The van der Waals surface area contributed by atoms with Crippen LogP contribution >= 0.6 is 11.8 Å². The molecule has 0 aromatic heterocycles. The summed E-state index contributed by atoms with van der Waals surface area (Å²) in [5.74, 6) is 0.175. The van der Waals surface area contributed by atoms with Crippen molar-refractivity contribution in [2.24, 2.45) is 0 Å². The van der Waals surface area contributed by atoms with Gasteiger partial charge in [-0.1, -0.05) is 0 Å². The number of nitrogens with zero attached hydrogens (tertiary/aromatic N) is 1. The van der Waals surface area contributed by atoms with Gasteiger partial charge in [-0.2, -0.15) is 0 Å². The molecule has 9 nitrogen and oxygen atoms in total. The van der Waals surface area contributed by atoms with E-state index in [2.05, 4.69) is 10.0 Å². The number of amides is 1. The van der Waals surface area contributed by atoms with Crippen LogP contribution < -0.4 is 19.1 Å². The zero-order valence-corrected chi connectivity index (χ0v) is 25.0. The first-order valence-corrected chi connectivity index (χ1v) is 16.6. The lowest BCUT2D eigenvalue weighted by Gasteiger charge is -2.23. The molecule has 214 valence electrons. The predicted octanol–water partition coefficient (Wildman–Crippen LogP) is 5.69. The number of nitrogens with one attached hydrogen (secondary N) is 2. The Hall–Kier alpha value is -4.00. The van der Waals surface area contributed by atoms with Crippen LogP contribution in [0.4, 0.5) is 17.1 Å². The van der Waals surface area contributed by atoms with E-state index in [-0.39, 0.29) is 16.3 Å². The third-order valence-electron chi connectivity index (χ3n) is 6.12. The van der Waals surface area contributed by atoms with Crippen LogP contribution in [0.15, 0.2) is 112 Å². The number of hydrogen-bond acceptors (Lipinski definition) is 7. The molecular weight excluding hydrogens is 583 g/mol. The molecule has 0 heterocycles. The highest BCUT2D eigenvalue weighted by Gasteiger charge is 2.24. The van der Waals surface area contributed by atoms with Crippen LogP contribution in [0.2, 0.25) is 0 Å². The highest BCUT2D eigenvalue weighted by molar-refractivity contribution is 7.98. The lowest BCUT2D eigenvalue weighted by molar-refractivity contribution is 0.102. The molecule has 0 aliphatic rings. The summed E-state index contributed by atoms with van der Waals surface area (Å²) in [6.45, 7) is 1.95. The quantitative estimate of drug-likeness (QED) is 0.209. The number of ether oxygens (including phenoxy) is 1. The van der Waals surface area contributed by atoms with E-state index in [0.29, 0.717) is 28.4 Å². The van der Waals surface area contributed by atoms with Crippen LogP contribution in [0.25, 0.3) is 0 Å². The molecule has 2 N–H and O–H groups in total. The van der Waals surface area contributed by atoms with Gasteiger partial charge in [0.1, 0.15) is 5.75 Å². The van der Waals surface area contributed by atoms with Crippen LogP contribution in [-0.4, -0.2) is 42.7 Å². The molecule has 0 saturated carbocycles. The molecule has 4 rings (SSSR count). The fraction of sp³-hybridized carbons (Fsp3) is 0.138. The minimum Gasteiger partial charge on any atom is -0.497 e. The second-order valence-corrected chi connectivity index (χ2v) is 13.1. The number of carbonyl (C=O) groups excluding carboxylic acids is 1. The third-order valence-corrected chi connectivity index (χ3v) is 10.2. The van der Waals surface area contributed by atoms with Gasteiger partial charge in [0.25, 0.3) is 26.0 Å². The van der Waals surface area contributed by atoms with Crippen LogP contribution in [0.5, 0.6) is 5.75 Å². The third kappa shape index (κ3) is 7.02. The first kappa shape index (κ1) is 30.0. The number of thioether (sulfide) groups is 1. The Labute approximate surface area is 244 Å².